The standard InChI is InChI=1S/C25H24FN9O2.2C24H21FN10O2.C23H20FN11O2/c26-19-16-29-23(35-10-8-30-31-35)21-20(19)18(15-28-21)22(36)24(37)32-11-13-33(14-12-32)25-27-7-4-9-34(25)17-5-2-1-3-6-17;1-15-7-8-34(29-15)22-20-19(18(25)14-27-22)17(13-26-20)21(36)23(37)32-9-11-33(12-10-32)24-28-30-31-35(24)16-5-3-2-4-6-16;1-15-7-8-28-34(15)22-20-19(18(25)14-27-22)17(13-26-20)21(36)23(37)32-9-11-33(12-10-32)24-29-30-31-35(24)16-5-3-2-4-6-16;24-16-13-27-21(34-7-6-17(25)29-34)19-18(16)15(12-26-19)20(36)22(37)32-8-10-33(11-9-32)23-28-30-31-35(23)14-4-2-1-3-5-14/h1-3,5-6,8,10,15-16,28H,4,7,9,11-14H2;2*2-8,13-14,26H,9-12H2,1H3;1-7,12-13,26H,8-11H2,(H2,25,29). The average Bonchev–Trinajstić information content (AvgIpc) is 1.60. The number of aromatic amines is 4. The Morgan fingerprint density at radius 3 is 1.03 bits per heavy atom. The summed E-state index contributed by atoms with van der Waals surface area (Å²) in [5.74, 6) is -4.74. The minimum absolute atomic E-state index is 0.00699. The molecule has 48 nitrogen and oxygen atoms in total. The highest BCUT2D eigenvalue weighted by molar-refractivity contribution is 6.47. The van der Waals surface area contributed by atoms with Gasteiger partial charge in [-0.3, -0.25) is 43.3 Å². The van der Waals surface area contributed by atoms with Gasteiger partial charge in [0, 0.05) is 179 Å². The minimum Gasteiger partial charge on any atom is -0.382 e. The molecule has 4 fully saturated rings. The Morgan fingerprint density at radius 2 is 0.689 bits per heavy atom. The van der Waals surface area contributed by atoms with Gasteiger partial charge in [0.25, 0.3) is 46.8 Å². The lowest BCUT2D eigenvalue weighted by Crippen LogP contribution is -2.56. The number of anilines is 5. The molecule has 746 valence electrons. The van der Waals surface area contributed by atoms with E-state index in [1.807, 2.05) is 138 Å². The number of carbonyl (C=O) groups excluding carboxylic acids is 8. The number of pyridine rings is 4. The zero-order valence-corrected chi connectivity index (χ0v) is 78.7. The first-order valence-corrected chi connectivity index (χ1v) is 46.7. The summed E-state index contributed by atoms with van der Waals surface area (Å²) >= 11 is 0. The van der Waals surface area contributed by atoms with Crippen molar-refractivity contribution in [1.29, 1.82) is 0 Å². The van der Waals surface area contributed by atoms with Gasteiger partial charge in [0.1, 0.15) is 5.82 Å². The van der Waals surface area contributed by atoms with Crippen LogP contribution in [-0.2, 0) is 19.2 Å². The second-order valence-corrected chi connectivity index (χ2v) is 34.5. The van der Waals surface area contributed by atoms with Crippen LogP contribution in [0.2, 0.25) is 0 Å². The lowest BCUT2D eigenvalue weighted by Gasteiger charge is -2.41. The Kier molecular flexibility index (Phi) is 26.1. The molecule has 4 aromatic carbocycles. The van der Waals surface area contributed by atoms with Crippen molar-refractivity contribution in [3.05, 3.63) is 277 Å². The van der Waals surface area contributed by atoms with Crippen molar-refractivity contribution in [2.75, 3.05) is 143 Å². The third-order valence-electron chi connectivity index (χ3n) is 25.6. The first kappa shape index (κ1) is 94.6. The second kappa shape index (κ2) is 40.8. The van der Waals surface area contributed by atoms with E-state index >= 15 is 0 Å². The van der Waals surface area contributed by atoms with Crippen LogP contribution in [0.4, 0.5) is 46.9 Å². The van der Waals surface area contributed by atoms with Crippen molar-refractivity contribution in [3.63, 3.8) is 0 Å². The molecule has 0 aliphatic carbocycles. The number of nitrogens with one attached hydrogen (secondary N) is 4. The van der Waals surface area contributed by atoms with Crippen LogP contribution < -0.4 is 25.3 Å². The van der Waals surface area contributed by atoms with Gasteiger partial charge in [-0.1, -0.05) is 93.3 Å². The summed E-state index contributed by atoms with van der Waals surface area (Å²) in [6.45, 7) is 11.4. The van der Waals surface area contributed by atoms with Gasteiger partial charge >= 0.3 is 0 Å². The van der Waals surface area contributed by atoms with Crippen molar-refractivity contribution in [3.8, 4) is 40.3 Å². The summed E-state index contributed by atoms with van der Waals surface area (Å²) < 4.78 is 69.9. The number of aliphatic imine (C=N–C) groups is 1. The molecule has 0 bridgehead atoms. The van der Waals surface area contributed by atoms with E-state index in [9.17, 15) is 55.9 Å². The van der Waals surface area contributed by atoms with E-state index in [1.165, 1.54) is 69.3 Å². The number of amides is 4. The number of benzene rings is 4. The quantitative estimate of drug-likeness (QED) is 0.0339. The predicted molar refractivity (Wildman–Crippen MR) is 524 cm³/mol. The van der Waals surface area contributed by atoms with Crippen LogP contribution in [0.15, 0.2) is 225 Å². The Bertz CT molecular complexity index is 7980. The molecular weight excluding hydrogens is 1920 g/mol. The lowest BCUT2D eigenvalue weighted by atomic mass is 10.1. The molecule has 4 saturated heterocycles. The number of aromatic nitrogens is 29. The first-order chi connectivity index (χ1) is 72.2. The summed E-state index contributed by atoms with van der Waals surface area (Å²) in [6, 6.07) is 43.7. The van der Waals surface area contributed by atoms with E-state index in [0.717, 1.165) is 84.4 Å². The van der Waals surface area contributed by atoms with Crippen LogP contribution in [0.5, 0.6) is 0 Å². The number of para-hydroxylation sites is 4. The largest absolute Gasteiger partial charge is 0.382 e. The summed E-state index contributed by atoms with van der Waals surface area (Å²) in [7, 11) is 0. The van der Waals surface area contributed by atoms with E-state index < -0.39 is 70.0 Å². The summed E-state index contributed by atoms with van der Waals surface area (Å²) in [4.78, 5) is 154. The van der Waals surface area contributed by atoms with Crippen molar-refractivity contribution < 1.29 is 55.9 Å². The highest BCUT2D eigenvalue weighted by Crippen LogP contribution is 2.34. The summed E-state index contributed by atoms with van der Waals surface area (Å²) in [6.07, 6.45) is 18.3. The fraction of sp³-hybridized carbons (Fsp3) is 0.219. The molecule has 148 heavy (non-hydrogen) atoms. The number of hydrogen-bond acceptors (Lipinski definition) is 33. The third kappa shape index (κ3) is 18.4. The van der Waals surface area contributed by atoms with Gasteiger partial charge in [0.15, 0.2) is 46.5 Å². The highest BCUT2D eigenvalue weighted by atomic mass is 19.1. The number of carbonyl (C=O) groups is 8. The van der Waals surface area contributed by atoms with Gasteiger partial charge in [0.2, 0.25) is 23.8 Å². The second-order valence-electron chi connectivity index (χ2n) is 34.5. The zero-order chi connectivity index (χ0) is 102. The van der Waals surface area contributed by atoms with Crippen molar-refractivity contribution in [1.82, 2.24) is 169 Å². The van der Waals surface area contributed by atoms with Gasteiger partial charge < -0.3 is 69.8 Å². The Balaban J connectivity index is 0.000000116. The summed E-state index contributed by atoms with van der Waals surface area (Å²) in [5, 5.41) is 56.2. The van der Waals surface area contributed by atoms with Crippen LogP contribution in [0.3, 0.4) is 0 Å². The number of H-pyrrole nitrogens is 4. The normalized spacial score (nSPS) is 14.5. The Labute approximate surface area is 832 Å². The van der Waals surface area contributed by atoms with E-state index in [-0.39, 0.29) is 117 Å². The van der Waals surface area contributed by atoms with Gasteiger partial charge in [-0.25, -0.2) is 56.2 Å². The van der Waals surface area contributed by atoms with Crippen LogP contribution in [0, 0.1) is 37.1 Å². The smallest absolute Gasteiger partial charge is 0.295 e. The molecule has 15 aromatic heterocycles. The molecule has 6 N–H and O–H groups in total. The number of piperazine rings is 4. The molecule has 5 aliphatic rings. The number of fused-ring (bicyclic) bond motifs is 4. The number of nitrogens with two attached hydrogens (primary N) is 1. The van der Waals surface area contributed by atoms with Crippen molar-refractivity contribution >= 4 is 126 Å². The molecular formula is C96H86F4N40O8. The van der Waals surface area contributed by atoms with Gasteiger partial charge in [0.05, 0.1) is 126 Å². The maximum atomic E-state index is 14.8. The number of hydrogen-bond donors (Lipinski definition) is 5. The zero-order valence-electron chi connectivity index (χ0n) is 78.7. The number of halogens is 4. The predicted octanol–water partition coefficient (Wildman–Crippen LogP) is 6.26. The molecule has 0 atom stereocenters. The van der Waals surface area contributed by atoms with Crippen LogP contribution in [0.25, 0.3) is 83.9 Å². The number of nitrogen functional groups attached to an aromatic ring is 1. The molecule has 5 aliphatic heterocycles. The minimum atomic E-state index is -0.815. The van der Waals surface area contributed by atoms with Crippen LogP contribution >= 0.6 is 0 Å². The number of nitrogens with zero attached hydrogens (tertiary/aromatic N) is 35. The Hall–Kier alpha value is -19.6. The summed E-state index contributed by atoms with van der Waals surface area (Å²) in [5.41, 5.74) is 11.6. The number of guanidine groups is 1. The van der Waals surface area contributed by atoms with Crippen LogP contribution in [-0.4, -0.2) is 340 Å². The number of rotatable bonds is 19. The van der Waals surface area contributed by atoms with E-state index in [1.54, 1.807) is 57.0 Å². The van der Waals surface area contributed by atoms with Gasteiger partial charge in [-0.05, 0) is 112 Å². The van der Waals surface area contributed by atoms with Crippen LogP contribution in [0.1, 0.15) is 59.2 Å². The van der Waals surface area contributed by atoms with E-state index in [0.29, 0.717) is 100 Å². The van der Waals surface area contributed by atoms with E-state index in [2.05, 4.69) is 134 Å². The molecule has 0 spiro atoms. The van der Waals surface area contributed by atoms with Gasteiger partial charge in [-0.2, -0.15) is 24.2 Å². The molecule has 52 heteroatoms. The first-order valence-electron chi connectivity index (χ1n) is 46.7. The number of tetrazole rings is 3. The monoisotopic (exact) mass is 2000 g/mol. The molecule has 19 aromatic rings. The maximum Gasteiger partial charge on any atom is 0.295 e. The number of aryl methyl sites for hydroxylation is 2. The fourth-order valence-electron chi connectivity index (χ4n) is 18.2. The average molecular weight is 2000 g/mol. The number of Topliss-reactive ketones (excluding diaryl/α,β-unsaturated/α-hetero) is 4. The SMILES string of the molecule is Cc1ccn(-c2ncc(F)c3c(C(=O)C(=O)N4CCN(c5nnnn5-c5ccccc5)CC4)c[nH]c23)n1.Cc1ccnn1-c1ncc(F)c2c(C(=O)C(=O)N3CCN(c4nnnn4-c4ccccc4)CC3)c[nH]c12.Nc1ccn(-c2ncc(F)c3c(C(=O)C(=O)N4CCN(c5nnnn5-c5ccccc5)CC4)c[nH]c23)n1.O=C(C(=O)N1CCN(C2=NCCCN2c2ccccc2)CC1)c1c[nH]c2c(-n3ccnn3)ncc(F)c12. The van der Waals surface area contributed by atoms with E-state index in [4.69, 9.17) is 10.7 Å². The fourth-order valence-corrected chi connectivity index (χ4v) is 18.2. The molecule has 4 amide bonds. The highest BCUT2D eigenvalue weighted by Gasteiger charge is 2.39. The topological polar surface area (TPSA) is 534 Å². The van der Waals surface area contributed by atoms with Gasteiger partial charge in [-0.15, -0.1) is 10.2 Å². The maximum absolute atomic E-state index is 14.8. The number of ketones is 4. The molecule has 0 unspecified atom stereocenters. The Morgan fingerprint density at radius 1 is 0.345 bits per heavy atom. The lowest BCUT2D eigenvalue weighted by molar-refractivity contribution is -0.128. The molecule has 24 rings (SSSR count). The van der Waals surface area contributed by atoms with Crippen molar-refractivity contribution in [2.24, 2.45) is 4.99 Å². The molecule has 20 heterocycles. The van der Waals surface area contributed by atoms with Crippen molar-refractivity contribution in [2.45, 2.75) is 20.3 Å². The molecule has 0 radical (unpaired) electrons. The third-order valence-corrected chi connectivity index (χ3v) is 25.6. The molecule has 0 saturated carbocycles.